The van der Waals surface area contributed by atoms with E-state index in [-0.39, 0.29) is 11.5 Å². The lowest BCUT2D eigenvalue weighted by Gasteiger charge is -2.31. The van der Waals surface area contributed by atoms with Crippen LogP contribution in [-0.2, 0) is 0 Å². The first kappa shape index (κ1) is 17.7. The van der Waals surface area contributed by atoms with Crippen LogP contribution in [0.1, 0.15) is 74.1 Å². The van der Waals surface area contributed by atoms with Gasteiger partial charge in [0.25, 0.3) is 0 Å². The van der Waals surface area contributed by atoms with Crippen molar-refractivity contribution in [3.8, 4) is 0 Å². The van der Waals surface area contributed by atoms with Crippen molar-refractivity contribution >= 4 is 0 Å². The van der Waals surface area contributed by atoms with Gasteiger partial charge in [-0.2, -0.15) is 0 Å². The van der Waals surface area contributed by atoms with Gasteiger partial charge in [-0.25, -0.2) is 0 Å². The van der Waals surface area contributed by atoms with E-state index in [0.717, 1.165) is 19.3 Å². The number of hydrogen-bond donors (Lipinski definition) is 1. The monoisotopic (exact) mass is 254 g/mol. The second-order valence-corrected chi connectivity index (χ2v) is 7.03. The molecule has 1 nitrogen and oxygen atoms in total. The van der Waals surface area contributed by atoms with Crippen LogP contribution in [0, 0.1) is 16.7 Å². The molecule has 0 heterocycles. The highest BCUT2D eigenvalue weighted by Gasteiger charge is 2.24. The summed E-state index contributed by atoms with van der Waals surface area (Å²) in [5, 5.41) is 10.1. The van der Waals surface area contributed by atoms with Gasteiger partial charge >= 0.3 is 0 Å². The first-order valence-electron chi connectivity index (χ1n) is 7.55. The van der Waals surface area contributed by atoms with Gasteiger partial charge in [-0.15, -0.1) is 0 Å². The van der Waals surface area contributed by atoms with Gasteiger partial charge in [0.15, 0.2) is 0 Å². The largest absolute Gasteiger partial charge is 0.389 e. The quantitative estimate of drug-likeness (QED) is 0.591. The summed E-state index contributed by atoms with van der Waals surface area (Å²) in [6, 6.07) is 0. The van der Waals surface area contributed by atoms with E-state index in [1.807, 2.05) is 6.08 Å². The molecule has 2 atom stereocenters. The maximum atomic E-state index is 10.1. The second-order valence-electron chi connectivity index (χ2n) is 7.03. The van der Waals surface area contributed by atoms with Crippen molar-refractivity contribution < 1.29 is 5.11 Å². The van der Waals surface area contributed by atoms with Crippen LogP contribution in [-0.4, -0.2) is 11.2 Å². The number of aliphatic hydroxyl groups excluding tert-OH is 1. The Bertz CT molecular complexity index is 250. The Hall–Kier alpha value is -0.300. The molecule has 0 fully saturated rings. The van der Waals surface area contributed by atoms with Gasteiger partial charge in [0.05, 0.1) is 6.10 Å². The Labute approximate surface area is 115 Å². The standard InChI is InChI=1S/C17H34O/c1-8-14(17(6,7)10-3)11-12-15(18)13-16(4,5)9-2/h11-12,14-15,18H,8-10,13H2,1-7H3/b12-11-/t14-,15-/m1/s1. The normalized spacial score (nSPS) is 17.1. The maximum Gasteiger partial charge on any atom is 0.0726 e. The fraction of sp³-hybridized carbons (Fsp3) is 0.882. The molecular formula is C17H34O. The number of aliphatic hydroxyl groups is 1. The summed E-state index contributed by atoms with van der Waals surface area (Å²) in [7, 11) is 0. The summed E-state index contributed by atoms with van der Waals surface area (Å²) >= 11 is 0. The molecule has 0 aliphatic rings. The van der Waals surface area contributed by atoms with Crippen LogP contribution in [0.3, 0.4) is 0 Å². The highest BCUT2D eigenvalue weighted by molar-refractivity contribution is 4.98. The van der Waals surface area contributed by atoms with Crippen molar-refractivity contribution in [1.82, 2.24) is 0 Å². The zero-order valence-corrected chi connectivity index (χ0v) is 13.6. The van der Waals surface area contributed by atoms with Gasteiger partial charge < -0.3 is 5.11 Å². The average Bonchev–Trinajstić information content (AvgIpc) is 2.29. The molecule has 18 heavy (non-hydrogen) atoms. The molecule has 0 bridgehead atoms. The number of hydrogen-bond acceptors (Lipinski definition) is 1. The van der Waals surface area contributed by atoms with Crippen molar-refractivity contribution in [3.05, 3.63) is 12.2 Å². The lowest BCUT2D eigenvalue weighted by Crippen LogP contribution is -2.22. The van der Waals surface area contributed by atoms with Crippen LogP contribution in [0.25, 0.3) is 0 Å². The maximum absolute atomic E-state index is 10.1. The number of rotatable bonds is 8. The van der Waals surface area contributed by atoms with Crippen molar-refractivity contribution in [2.75, 3.05) is 0 Å². The Morgan fingerprint density at radius 3 is 1.89 bits per heavy atom. The highest BCUT2D eigenvalue weighted by Crippen LogP contribution is 2.34. The third-order valence-corrected chi connectivity index (χ3v) is 4.64. The smallest absolute Gasteiger partial charge is 0.0726 e. The van der Waals surface area contributed by atoms with Crippen LogP contribution in [0.4, 0.5) is 0 Å². The van der Waals surface area contributed by atoms with E-state index >= 15 is 0 Å². The van der Waals surface area contributed by atoms with Crippen LogP contribution in [0.2, 0.25) is 0 Å². The minimum Gasteiger partial charge on any atom is -0.389 e. The molecule has 108 valence electrons. The van der Waals surface area contributed by atoms with Crippen LogP contribution in [0.5, 0.6) is 0 Å². The average molecular weight is 254 g/mol. The molecule has 0 radical (unpaired) electrons. The van der Waals surface area contributed by atoms with E-state index in [0.29, 0.717) is 11.3 Å². The van der Waals surface area contributed by atoms with Crippen molar-refractivity contribution in [1.29, 1.82) is 0 Å². The van der Waals surface area contributed by atoms with E-state index in [1.165, 1.54) is 6.42 Å². The van der Waals surface area contributed by atoms with Gasteiger partial charge in [0.1, 0.15) is 0 Å². The molecule has 0 spiro atoms. The van der Waals surface area contributed by atoms with Gasteiger partial charge in [-0.05, 0) is 29.6 Å². The SMILES string of the molecule is CC[C@H](/C=C\[C@@H](O)CC(C)(C)CC)C(C)(C)CC. The van der Waals surface area contributed by atoms with Gasteiger partial charge in [-0.3, -0.25) is 0 Å². The highest BCUT2D eigenvalue weighted by atomic mass is 16.3. The molecule has 1 N–H and O–H groups in total. The van der Waals surface area contributed by atoms with Crippen LogP contribution in [0.15, 0.2) is 12.2 Å². The molecule has 0 aliphatic heterocycles. The molecule has 0 aliphatic carbocycles. The predicted molar refractivity (Wildman–Crippen MR) is 81.7 cm³/mol. The topological polar surface area (TPSA) is 20.2 Å². The molecule has 0 rings (SSSR count). The third kappa shape index (κ3) is 6.04. The minimum atomic E-state index is -0.304. The zero-order chi connectivity index (χ0) is 14.4. The summed E-state index contributed by atoms with van der Waals surface area (Å²) < 4.78 is 0. The van der Waals surface area contributed by atoms with Crippen molar-refractivity contribution in [3.63, 3.8) is 0 Å². The van der Waals surface area contributed by atoms with Gasteiger partial charge in [0, 0.05) is 0 Å². The van der Waals surface area contributed by atoms with E-state index in [1.54, 1.807) is 0 Å². The fourth-order valence-corrected chi connectivity index (χ4v) is 2.25. The molecule has 0 aromatic rings. The first-order valence-corrected chi connectivity index (χ1v) is 7.55. The molecule has 0 aromatic carbocycles. The first-order chi connectivity index (χ1) is 8.18. The zero-order valence-electron chi connectivity index (χ0n) is 13.6. The van der Waals surface area contributed by atoms with E-state index in [2.05, 4.69) is 54.5 Å². The molecule has 0 saturated heterocycles. The number of allylic oxidation sites excluding steroid dienone is 1. The molecule has 1 heteroatoms. The van der Waals surface area contributed by atoms with Crippen LogP contribution < -0.4 is 0 Å². The van der Waals surface area contributed by atoms with Gasteiger partial charge in [-0.1, -0.05) is 73.5 Å². The van der Waals surface area contributed by atoms with Crippen LogP contribution >= 0.6 is 0 Å². The minimum absolute atomic E-state index is 0.228. The molecule has 0 unspecified atom stereocenters. The summed E-state index contributed by atoms with van der Waals surface area (Å²) in [6.45, 7) is 15.7. The summed E-state index contributed by atoms with van der Waals surface area (Å²) in [6.07, 6.45) is 8.22. The molecule has 0 aromatic heterocycles. The summed E-state index contributed by atoms with van der Waals surface area (Å²) in [5.41, 5.74) is 0.553. The van der Waals surface area contributed by atoms with E-state index < -0.39 is 0 Å². The predicted octanol–water partition coefficient (Wildman–Crippen LogP) is 5.19. The Morgan fingerprint density at radius 2 is 1.50 bits per heavy atom. The lowest BCUT2D eigenvalue weighted by molar-refractivity contribution is 0.147. The summed E-state index contributed by atoms with van der Waals surface area (Å²) in [4.78, 5) is 0. The molecule has 0 amide bonds. The lowest BCUT2D eigenvalue weighted by atomic mass is 9.75. The van der Waals surface area contributed by atoms with Crippen molar-refractivity contribution in [2.45, 2.75) is 80.3 Å². The second kappa shape index (κ2) is 7.33. The van der Waals surface area contributed by atoms with Gasteiger partial charge in [0.2, 0.25) is 0 Å². The molecule has 0 saturated carbocycles. The third-order valence-electron chi connectivity index (χ3n) is 4.64. The van der Waals surface area contributed by atoms with E-state index in [4.69, 9.17) is 0 Å². The Morgan fingerprint density at radius 1 is 0.944 bits per heavy atom. The van der Waals surface area contributed by atoms with E-state index in [9.17, 15) is 5.11 Å². The van der Waals surface area contributed by atoms with Crippen molar-refractivity contribution in [2.24, 2.45) is 16.7 Å². The Balaban J connectivity index is 4.52. The molecular weight excluding hydrogens is 220 g/mol. The fourth-order valence-electron chi connectivity index (χ4n) is 2.25. The summed E-state index contributed by atoms with van der Waals surface area (Å²) in [5.74, 6) is 0.557. The Kier molecular flexibility index (Phi) is 7.21.